The summed E-state index contributed by atoms with van der Waals surface area (Å²) >= 11 is 1.11. The van der Waals surface area contributed by atoms with Gasteiger partial charge in [0.05, 0.1) is 23.6 Å². The molecular formula is C25H23N3O5S. The zero-order valence-corrected chi connectivity index (χ0v) is 19.5. The molecule has 4 rings (SSSR count). The van der Waals surface area contributed by atoms with Crippen molar-refractivity contribution in [2.75, 3.05) is 12.4 Å². The normalized spacial score (nSPS) is 15.7. The number of esters is 1. The van der Waals surface area contributed by atoms with Gasteiger partial charge in [-0.25, -0.2) is 9.78 Å². The molecule has 0 spiro atoms. The summed E-state index contributed by atoms with van der Waals surface area (Å²) in [5.41, 5.74) is 2.40. The van der Waals surface area contributed by atoms with Crippen molar-refractivity contribution in [1.82, 2.24) is 10.3 Å². The Kier molecular flexibility index (Phi) is 6.83. The maximum absolute atomic E-state index is 13.0. The molecule has 2 atom stereocenters. The number of anilines is 1. The van der Waals surface area contributed by atoms with Crippen molar-refractivity contribution in [2.24, 2.45) is 5.92 Å². The number of hydrogen-bond acceptors (Lipinski definition) is 7. The molecule has 0 fully saturated rings. The Hall–Kier alpha value is -3.85. The summed E-state index contributed by atoms with van der Waals surface area (Å²) < 4.78 is 4.85. The lowest BCUT2D eigenvalue weighted by atomic mass is 9.89. The monoisotopic (exact) mass is 477 g/mol. The number of benzene rings is 2. The van der Waals surface area contributed by atoms with Crippen LogP contribution in [0.1, 0.15) is 49.3 Å². The Morgan fingerprint density at radius 1 is 1.06 bits per heavy atom. The highest BCUT2D eigenvalue weighted by molar-refractivity contribution is 7.17. The van der Waals surface area contributed by atoms with Crippen molar-refractivity contribution in [2.45, 2.75) is 25.8 Å². The van der Waals surface area contributed by atoms with Crippen molar-refractivity contribution < 1.29 is 23.9 Å². The number of thiazole rings is 1. The Labute approximate surface area is 200 Å². The first-order chi connectivity index (χ1) is 16.4. The molecule has 0 saturated carbocycles. The molecule has 8 nitrogen and oxygen atoms in total. The van der Waals surface area contributed by atoms with Gasteiger partial charge in [0, 0.05) is 18.4 Å². The molecule has 3 aromatic rings. The summed E-state index contributed by atoms with van der Waals surface area (Å²) in [5.74, 6) is -2.24. The fourth-order valence-electron chi connectivity index (χ4n) is 3.86. The van der Waals surface area contributed by atoms with Gasteiger partial charge in [0.1, 0.15) is 0 Å². The van der Waals surface area contributed by atoms with Gasteiger partial charge in [0.2, 0.25) is 5.91 Å². The van der Waals surface area contributed by atoms with Gasteiger partial charge in [-0.1, -0.05) is 59.9 Å². The number of ether oxygens (including phenoxy) is 1. The van der Waals surface area contributed by atoms with E-state index in [1.807, 2.05) is 19.1 Å². The van der Waals surface area contributed by atoms with Gasteiger partial charge >= 0.3 is 5.97 Å². The number of amides is 2. The highest BCUT2D eigenvalue weighted by Crippen LogP contribution is 2.33. The van der Waals surface area contributed by atoms with E-state index in [9.17, 15) is 19.2 Å². The average Bonchev–Trinajstić information content (AvgIpc) is 3.25. The number of carbonyl (C=O) groups is 4. The van der Waals surface area contributed by atoms with E-state index >= 15 is 0 Å². The smallest absolute Gasteiger partial charge is 0.333 e. The summed E-state index contributed by atoms with van der Waals surface area (Å²) in [5, 5.41) is 5.77. The molecule has 1 aliphatic rings. The number of carbonyl (C=O) groups excluding carboxylic acids is 4. The number of rotatable bonds is 6. The van der Waals surface area contributed by atoms with Crippen LogP contribution in [0.5, 0.6) is 0 Å². The lowest BCUT2D eigenvalue weighted by Crippen LogP contribution is -2.40. The highest BCUT2D eigenvalue weighted by Gasteiger charge is 2.35. The molecule has 2 aromatic carbocycles. The second-order valence-electron chi connectivity index (χ2n) is 7.97. The topological polar surface area (TPSA) is 114 Å². The first-order valence-corrected chi connectivity index (χ1v) is 11.5. The van der Waals surface area contributed by atoms with Gasteiger partial charge in [0.25, 0.3) is 5.91 Å². The molecular weight excluding hydrogens is 454 g/mol. The van der Waals surface area contributed by atoms with Crippen LogP contribution in [-0.4, -0.2) is 35.7 Å². The second-order valence-corrected chi connectivity index (χ2v) is 8.97. The minimum absolute atomic E-state index is 0.00507. The lowest BCUT2D eigenvalue weighted by molar-refractivity contribution is -0.145. The van der Waals surface area contributed by atoms with Crippen LogP contribution in [0.2, 0.25) is 0 Å². The van der Waals surface area contributed by atoms with Crippen LogP contribution in [-0.2, 0) is 20.7 Å². The number of Topliss-reactive ketones (excluding diaryl/α,β-unsaturated/α-hetero) is 1. The van der Waals surface area contributed by atoms with E-state index in [-0.39, 0.29) is 24.5 Å². The molecule has 9 heteroatoms. The zero-order valence-electron chi connectivity index (χ0n) is 18.7. The van der Waals surface area contributed by atoms with Crippen LogP contribution in [0.15, 0.2) is 54.6 Å². The van der Waals surface area contributed by atoms with Gasteiger partial charge < -0.3 is 10.1 Å². The molecule has 0 bridgehead atoms. The van der Waals surface area contributed by atoms with Crippen molar-refractivity contribution in [3.8, 4) is 0 Å². The van der Waals surface area contributed by atoms with Gasteiger partial charge in [-0.2, -0.15) is 0 Å². The molecule has 2 amide bonds. The van der Waals surface area contributed by atoms with E-state index < -0.39 is 23.8 Å². The first kappa shape index (κ1) is 23.3. The number of hydrogen-bond donors (Lipinski definition) is 2. The number of methoxy groups -OCH3 is 1. The molecule has 0 radical (unpaired) electrons. The molecule has 1 aromatic heterocycles. The largest absolute Gasteiger partial charge is 0.467 e. The predicted octanol–water partition coefficient (Wildman–Crippen LogP) is 3.48. The third kappa shape index (κ3) is 4.89. The quantitative estimate of drug-likeness (QED) is 0.526. The Balaban J connectivity index is 1.48. The van der Waals surface area contributed by atoms with Crippen molar-refractivity contribution in [3.05, 3.63) is 81.9 Å². The van der Waals surface area contributed by atoms with Crippen molar-refractivity contribution in [1.29, 1.82) is 0 Å². The molecule has 1 heterocycles. The van der Waals surface area contributed by atoms with E-state index in [1.54, 1.807) is 42.5 Å². The fourth-order valence-corrected chi connectivity index (χ4v) is 4.80. The number of nitrogens with zero attached hydrogens (tertiary/aromatic N) is 1. The summed E-state index contributed by atoms with van der Waals surface area (Å²) in [4.78, 5) is 55.5. The van der Waals surface area contributed by atoms with Crippen LogP contribution in [0.4, 0.5) is 5.13 Å². The third-order valence-corrected chi connectivity index (χ3v) is 6.71. The summed E-state index contributed by atoms with van der Waals surface area (Å²) in [6.45, 7) is 1.84. The molecule has 34 heavy (non-hydrogen) atoms. The minimum atomic E-state index is -0.977. The highest BCUT2D eigenvalue weighted by atomic mass is 32.1. The van der Waals surface area contributed by atoms with Crippen molar-refractivity contribution >= 4 is 40.0 Å². The molecule has 1 aliphatic carbocycles. The average molecular weight is 478 g/mol. The Bertz CT molecular complexity index is 1250. The molecule has 174 valence electrons. The Morgan fingerprint density at radius 2 is 1.76 bits per heavy atom. The third-order valence-electron chi connectivity index (χ3n) is 5.66. The van der Waals surface area contributed by atoms with E-state index in [0.29, 0.717) is 26.8 Å². The van der Waals surface area contributed by atoms with E-state index in [0.717, 1.165) is 16.9 Å². The van der Waals surface area contributed by atoms with E-state index in [2.05, 4.69) is 15.6 Å². The minimum Gasteiger partial charge on any atom is -0.467 e. The summed E-state index contributed by atoms with van der Waals surface area (Å²) in [6.07, 6.45) is 0.223. The maximum Gasteiger partial charge on any atom is 0.333 e. The molecule has 2 N–H and O–H groups in total. The summed E-state index contributed by atoms with van der Waals surface area (Å²) in [6, 6.07) is 15.0. The van der Waals surface area contributed by atoms with Gasteiger partial charge in [-0.3, -0.25) is 19.7 Å². The fraction of sp³-hybridized carbons (Fsp3) is 0.240. The Morgan fingerprint density at radius 3 is 2.47 bits per heavy atom. The zero-order chi connectivity index (χ0) is 24.2. The van der Waals surface area contributed by atoms with E-state index in [1.165, 1.54) is 7.11 Å². The second kappa shape index (κ2) is 9.96. The van der Waals surface area contributed by atoms with Crippen molar-refractivity contribution in [3.63, 3.8) is 0 Å². The maximum atomic E-state index is 13.0. The number of aryl methyl sites for hydroxylation is 1. The number of ketones is 1. The van der Waals surface area contributed by atoms with Gasteiger partial charge in [-0.05, 0) is 24.1 Å². The number of fused-ring (bicyclic) bond motifs is 1. The van der Waals surface area contributed by atoms with Gasteiger partial charge in [-0.15, -0.1) is 0 Å². The number of nitrogens with one attached hydrogen (secondary N) is 2. The molecule has 1 unspecified atom stereocenters. The number of aromatic nitrogens is 1. The van der Waals surface area contributed by atoms with Crippen LogP contribution >= 0.6 is 11.3 Å². The standard InChI is InChI=1S/C25H23N3O5S/c1-14-8-6-7-11-17(14)23(31)28-25-26-18-12-16(13-19(29)21(18)34-25)22(30)27-20(24(32)33-2)15-9-4-3-5-10-15/h3-11,16,20H,12-13H2,1-2H3,(H,27,30)(H,26,28,31)/t16?,20-/m0/s1. The summed E-state index contributed by atoms with van der Waals surface area (Å²) in [7, 11) is 1.25. The van der Waals surface area contributed by atoms with Gasteiger partial charge in [0.15, 0.2) is 17.0 Å². The van der Waals surface area contributed by atoms with E-state index in [4.69, 9.17) is 4.74 Å². The van der Waals surface area contributed by atoms with Crippen LogP contribution in [0, 0.1) is 12.8 Å². The lowest BCUT2D eigenvalue weighted by Gasteiger charge is -2.23. The van der Waals surface area contributed by atoms with Crippen LogP contribution in [0.3, 0.4) is 0 Å². The van der Waals surface area contributed by atoms with Crippen LogP contribution < -0.4 is 10.6 Å². The molecule has 0 aliphatic heterocycles. The SMILES string of the molecule is COC(=O)[C@@H](NC(=O)C1CC(=O)c2sc(NC(=O)c3ccccc3C)nc2C1)c1ccccc1. The predicted molar refractivity (Wildman–Crippen MR) is 127 cm³/mol. The van der Waals surface area contributed by atoms with Crippen LogP contribution in [0.25, 0.3) is 0 Å². The first-order valence-electron chi connectivity index (χ1n) is 10.7. The molecule has 0 saturated heterocycles.